The Kier molecular flexibility index (Phi) is 4.60. The second-order valence-electron chi connectivity index (χ2n) is 6.06. The van der Waals surface area contributed by atoms with Crippen molar-refractivity contribution in [3.8, 4) is 0 Å². The fourth-order valence-electron chi connectivity index (χ4n) is 2.53. The number of aryl methyl sites for hydroxylation is 1. The summed E-state index contributed by atoms with van der Waals surface area (Å²) in [7, 11) is 1.78. The average Bonchev–Trinajstić information content (AvgIpc) is 3.11. The predicted molar refractivity (Wildman–Crippen MR) is 95.8 cm³/mol. The van der Waals surface area contributed by atoms with E-state index in [4.69, 9.17) is 16.1 Å². The molecule has 0 saturated heterocycles. The summed E-state index contributed by atoms with van der Waals surface area (Å²) in [5, 5.41) is 4.64. The van der Waals surface area contributed by atoms with Crippen molar-refractivity contribution in [2.75, 3.05) is 7.05 Å². The van der Waals surface area contributed by atoms with Crippen molar-refractivity contribution in [3.63, 3.8) is 0 Å². The monoisotopic (exact) mass is 363 g/mol. The van der Waals surface area contributed by atoms with Crippen molar-refractivity contribution < 1.29 is 9.32 Å². The number of carbonyl (C=O) groups excluding carboxylic acids is 1. The van der Waals surface area contributed by atoms with E-state index >= 15 is 0 Å². The fourth-order valence-corrected chi connectivity index (χ4v) is 3.67. The molecule has 7 heteroatoms. The van der Waals surface area contributed by atoms with Gasteiger partial charge in [-0.25, -0.2) is 4.98 Å². The van der Waals surface area contributed by atoms with Crippen LogP contribution in [0.3, 0.4) is 0 Å². The number of rotatable bonds is 4. The summed E-state index contributed by atoms with van der Waals surface area (Å²) < 4.78 is 6.00. The van der Waals surface area contributed by atoms with E-state index in [1.165, 1.54) is 11.3 Å². The minimum atomic E-state index is -0.0832. The van der Waals surface area contributed by atoms with Gasteiger partial charge in [-0.3, -0.25) is 4.79 Å². The van der Waals surface area contributed by atoms with E-state index in [1.807, 2.05) is 39.0 Å². The summed E-state index contributed by atoms with van der Waals surface area (Å²) in [6.07, 6.45) is 0. The SMILES string of the molecule is Cc1noc2nc(C(C)C)cc(C(=O)N(C)Cc3ccc(Cl)s3)c12. The Morgan fingerprint density at radius 2 is 2.17 bits per heavy atom. The number of nitrogens with zero attached hydrogens (tertiary/aromatic N) is 3. The first kappa shape index (κ1) is 16.9. The molecule has 0 bridgehead atoms. The Morgan fingerprint density at radius 3 is 2.79 bits per heavy atom. The molecule has 0 fully saturated rings. The van der Waals surface area contributed by atoms with Gasteiger partial charge in [0.2, 0.25) is 0 Å². The van der Waals surface area contributed by atoms with Gasteiger partial charge in [-0.05, 0) is 31.0 Å². The van der Waals surface area contributed by atoms with E-state index in [9.17, 15) is 4.79 Å². The van der Waals surface area contributed by atoms with Crippen LogP contribution in [0.25, 0.3) is 11.1 Å². The maximum absolute atomic E-state index is 13.0. The van der Waals surface area contributed by atoms with Crippen LogP contribution in [0.1, 0.15) is 46.4 Å². The Bertz CT molecular complexity index is 901. The van der Waals surface area contributed by atoms with Gasteiger partial charge in [0.25, 0.3) is 11.6 Å². The molecule has 24 heavy (non-hydrogen) atoms. The number of halogens is 1. The van der Waals surface area contributed by atoms with Gasteiger partial charge in [0.15, 0.2) is 0 Å². The standard InChI is InChI=1S/C17H18ClN3O2S/c1-9(2)13-7-12(15-10(3)20-23-16(15)19-13)17(22)21(4)8-11-5-6-14(18)24-11/h5-7,9H,8H2,1-4H3. The molecule has 3 rings (SSSR count). The first-order valence-corrected chi connectivity index (χ1v) is 8.83. The Morgan fingerprint density at radius 1 is 1.42 bits per heavy atom. The van der Waals surface area contributed by atoms with Crippen LogP contribution in [0.2, 0.25) is 4.34 Å². The minimum Gasteiger partial charge on any atom is -0.337 e. The number of carbonyl (C=O) groups is 1. The van der Waals surface area contributed by atoms with Crippen molar-refractivity contribution in [1.29, 1.82) is 0 Å². The van der Waals surface area contributed by atoms with Gasteiger partial charge in [0, 0.05) is 17.6 Å². The molecular weight excluding hydrogens is 346 g/mol. The third kappa shape index (κ3) is 3.16. The number of amides is 1. The highest BCUT2D eigenvalue weighted by molar-refractivity contribution is 7.16. The summed E-state index contributed by atoms with van der Waals surface area (Å²) >= 11 is 7.44. The van der Waals surface area contributed by atoms with Gasteiger partial charge in [-0.1, -0.05) is 30.6 Å². The first-order chi connectivity index (χ1) is 11.4. The van der Waals surface area contributed by atoms with Crippen LogP contribution in [0.5, 0.6) is 0 Å². The molecule has 0 aliphatic heterocycles. The van der Waals surface area contributed by atoms with Crippen molar-refractivity contribution >= 4 is 39.9 Å². The largest absolute Gasteiger partial charge is 0.337 e. The maximum Gasteiger partial charge on any atom is 0.259 e. The van der Waals surface area contributed by atoms with Crippen LogP contribution >= 0.6 is 22.9 Å². The summed E-state index contributed by atoms with van der Waals surface area (Å²) in [4.78, 5) is 20.2. The molecule has 0 N–H and O–H groups in total. The zero-order valence-corrected chi connectivity index (χ0v) is 15.5. The Balaban J connectivity index is 2.00. The van der Waals surface area contributed by atoms with Crippen LogP contribution < -0.4 is 0 Å². The molecule has 3 heterocycles. The normalized spacial score (nSPS) is 11.4. The Hall–Kier alpha value is -1.92. The number of pyridine rings is 1. The third-order valence-corrected chi connectivity index (χ3v) is 5.04. The molecule has 5 nitrogen and oxygen atoms in total. The van der Waals surface area contributed by atoms with Gasteiger partial charge >= 0.3 is 0 Å². The molecule has 3 aromatic heterocycles. The zero-order chi connectivity index (χ0) is 17.4. The average molecular weight is 364 g/mol. The van der Waals surface area contributed by atoms with Crippen molar-refractivity contribution in [2.24, 2.45) is 0 Å². The molecule has 0 saturated carbocycles. The zero-order valence-electron chi connectivity index (χ0n) is 14.0. The molecular formula is C17H18ClN3O2S. The molecule has 3 aromatic rings. The van der Waals surface area contributed by atoms with Crippen LogP contribution in [0.4, 0.5) is 0 Å². The molecule has 0 aliphatic carbocycles. The number of hydrogen-bond acceptors (Lipinski definition) is 5. The van der Waals surface area contributed by atoms with E-state index < -0.39 is 0 Å². The summed E-state index contributed by atoms with van der Waals surface area (Å²) in [5.41, 5.74) is 2.47. The number of fused-ring (bicyclic) bond motifs is 1. The van der Waals surface area contributed by atoms with Crippen molar-refractivity contribution in [3.05, 3.63) is 44.4 Å². The second kappa shape index (κ2) is 6.53. The first-order valence-electron chi connectivity index (χ1n) is 7.63. The number of aromatic nitrogens is 2. The number of hydrogen-bond donors (Lipinski definition) is 0. The molecule has 0 atom stereocenters. The van der Waals surface area contributed by atoms with Gasteiger partial charge in [-0.2, -0.15) is 0 Å². The van der Waals surface area contributed by atoms with Crippen LogP contribution in [-0.4, -0.2) is 28.0 Å². The second-order valence-corrected chi connectivity index (χ2v) is 7.86. The highest BCUT2D eigenvalue weighted by Crippen LogP contribution is 2.27. The van der Waals surface area contributed by atoms with Crippen molar-refractivity contribution in [2.45, 2.75) is 33.2 Å². The predicted octanol–water partition coefficient (Wildman–Crippen LogP) is 4.64. The molecule has 0 unspecified atom stereocenters. The molecule has 0 aromatic carbocycles. The molecule has 0 radical (unpaired) electrons. The topological polar surface area (TPSA) is 59.2 Å². The summed E-state index contributed by atoms with van der Waals surface area (Å²) in [5.74, 6) is 0.105. The lowest BCUT2D eigenvalue weighted by Crippen LogP contribution is -2.26. The maximum atomic E-state index is 13.0. The third-order valence-electron chi connectivity index (χ3n) is 3.83. The van der Waals surface area contributed by atoms with E-state index in [1.54, 1.807) is 11.9 Å². The number of thiophene rings is 1. The lowest BCUT2D eigenvalue weighted by Gasteiger charge is -2.17. The van der Waals surface area contributed by atoms with Crippen LogP contribution in [0, 0.1) is 6.92 Å². The van der Waals surface area contributed by atoms with E-state index in [0.717, 1.165) is 10.6 Å². The summed E-state index contributed by atoms with van der Waals surface area (Å²) in [6.45, 7) is 6.38. The fraction of sp³-hybridized carbons (Fsp3) is 0.353. The van der Waals surface area contributed by atoms with Crippen LogP contribution in [0.15, 0.2) is 22.7 Å². The molecule has 0 spiro atoms. The van der Waals surface area contributed by atoms with Gasteiger partial charge in [-0.15, -0.1) is 11.3 Å². The smallest absolute Gasteiger partial charge is 0.259 e. The van der Waals surface area contributed by atoms with E-state index in [0.29, 0.717) is 33.2 Å². The van der Waals surface area contributed by atoms with Crippen LogP contribution in [-0.2, 0) is 6.54 Å². The highest BCUT2D eigenvalue weighted by atomic mass is 35.5. The highest BCUT2D eigenvalue weighted by Gasteiger charge is 2.22. The molecule has 0 aliphatic rings. The quantitative estimate of drug-likeness (QED) is 0.677. The van der Waals surface area contributed by atoms with Crippen molar-refractivity contribution in [1.82, 2.24) is 15.0 Å². The van der Waals surface area contributed by atoms with E-state index in [-0.39, 0.29) is 11.8 Å². The van der Waals surface area contributed by atoms with Gasteiger partial charge < -0.3 is 9.42 Å². The molecule has 1 amide bonds. The Labute approximate surface area is 149 Å². The lowest BCUT2D eigenvalue weighted by molar-refractivity contribution is 0.0788. The minimum absolute atomic E-state index is 0.0832. The van der Waals surface area contributed by atoms with Gasteiger partial charge in [0.05, 0.1) is 27.5 Å². The molecule has 126 valence electrons. The van der Waals surface area contributed by atoms with E-state index in [2.05, 4.69) is 10.1 Å². The summed E-state index contributed by atoms with van der Waals surface area (Å²) in [6, 6.07) is 5.62. The lowest BCUT2D eigenvalue weighted by atomic mass is 10.0. The van der Waals surface area contributed by atoms with Gasteiger partial charge in [0.1, 0.15) is 0 Å².